The van der Waals surface area contributed by atoms with Gasteiger partial charge in [-0.2, -0.15) is 0 Å². The van der Waals surface area contributed by atoms with Crippen LogP contribution in [0.5, 0.6) is 0 Å². The van der Waals surface area contributed by atoms with Gasteiger partial charge in [0.05, 0.1) is 22.9 Å². The summed E-state index contributed by atoms with van der Waals surface area (Å²) in [7, 11) is -3.17. The number of hydrogen-bond donors (Lipinski definition) is 2. The lowest BCUT2D eigenvalue weighted by atomic mass is 9.98. The van der Waals surface area contributed by atoms with E-state index in [1.165, 1.54) is 5.56 Å². The molecule has 144 valence electrons. The number of sulfone groups is 1. The molecule has 1 amide bonds. The molecule has 2 aromatic carbocycles. The maximum atomic E-state index is 12.4. The lowest BCUT2D eigenvalue weighted by Gasteiger charge is -2.18. The molecule has 1 heterocycles. The van der Waals surface area contributed by atoms with Crippen LogP contribution < -0.4 is 10.6 Å². The van der Waals surface area contributed by atoms with Crippen molar-refractivity contribution in [3.05, 3.63) is 71.3 Å². The van der Waals surface area contributed by atoms with Gasteiger partial charge in [0, 0.05) is 11.1 Å². The number of aryl methyl sites for hydroxylation is 1. The molecule has 2 aromatic rings. The Hall–Kier alpha value is -1.89. The first-order chi connectivity index (χ1) is 12.8. The van der Waals surface area contributed by atoms with Gasteiger partial charge in [0.2, 0.25) is 0 Å². The van der Waals surface area contributed by atoms with E-state index in [2.05, 4.69) is 29.6 Å². The van der Waals surface area contributed by atoms with Crippen molar-refractivity contribution < 1.29 is 18.5 Å². The maximum Gasteiger partial charge on any atom is 0.275 e. The van der Waals surface area contributed by atoms with Crippen molar-refractivity contribution in [1.82, 2.24) is 5.32 Å². The van der Waals surface area contributed by atoms with Gasteiger partial charge in [-0.1, -0.05) is 60.2 Å². The number of benzene rings is 2. The molecule has 1 aliphatic rings. The van der Waals surface area contributed by atoms with Gasteiger partial charge in [-0.25, -0.2) is 8.42 Å². The second-order valence-corrected chi connectivity index (χ2v) is 9.72. The first-order valence-corrected chi connectivity index (χ1v) is 11.2. The summed E-state index contributed by atoms with van der Waals surface area (Å²) in [6.45, 7) is 2.23. The molecule has 0 unspecified atom stereocenters. The summed E-state index contributed by atoms with van der Waals surface area (Å²) >= 11 is 6.07. The summed E-state index contributed by atoms with van der Waals surface area (Å²) in [5.74, 6) is -0.387. The highest BCUT2D eigenvalue weighted by atomic mass is 35.5. The summed E-state index contributed by atoms with van der Waals surface area (Å²) in [5, 5.41) is 4.16. The lowest BCUT2D eigenvalue weighted by Crippen LogP contribution is -2.88. The third-order valence-corrected chi connectivity index (χ3v) is 7.14. The molecule has 7 heteroatoms. The van der Waals surface area contributed by atoms with Gasteiger partial charge in [0.25, 0.3) is 5.91 Å². The molecule has 1 fully saturated rings. The number of nitrogens with one attached hydrogen (secondary N) is 1. The van der Waals surface area contributed by atoms with E-state index in [0.29, 0.717) is 0 Å². The Morgan fingerprint density at radius 3 is 2.33 bits per heavy atom. The summed E-state index contributed by atoms with van der Waals surface area (Å²) in [4.78, 5) is 12.4. The normalized spacial score (nSPS) is 22.3. The van der Waals surface area contributed by atoms with E-state index < -0.39 is 21.3 Å². The number of carbonyl (C=O) groups excluding carboxylic acids is 1. The molecular weight excluding hydrogens is 384 g/mol. The minimum absolute atomic E-state index is 0.0170. The molecule has 3 atom stereocenters. The van der Waals surface area contributed by atoms with Crippen LogP contribution in [0.25, 0.3) is 0 Å². The Morgan fingerprint density at radius 1 is 1.11 bits per heavy atom. The molecule has 0 spiro atoms. The third-order valence-electron chi connectivity index (χ3n) is 4.76. The minimum Gasteiger partial charge on any atom is -0.346 e. The zero-order chi connectivity index (χ0) is 19.4. The monoisotopic (exact) mass is 407 g/mol. The predicted molar refractivity (Wildman–Crippen MR) is 106 cm³/mol. The Balaban J connectivity index is 1.68. The number of alkyl halides is 1. The second kappa shape index (κ2) is 8.42. The molecule has 5 nitrogen and oxygen atoms in total. The molecule has 3 rings (SSSR count). The molecule has 0 aromatic heterocycles. The number of amides is 1. The van der Waals surface area contributed by atoms with Gasteiger partial charge in [0.1, 0.15) is 6.04 Å². The van der Waals surface area contributed by atoms with Gasteiger partial charge < -0.3 is 10.6 Å². The number of nitrogens with two attached hydrogens (primary N) is 1. The topological polar surface area (TPSA) is 79.8 Å². The van der Waals surface area contributed by atoms with Crippen LogP contribution in [0.4, 0.5) is 0 Å². The predicted octanol–water partition coefficient (Wildman–Crippen LogP) is 1.17. The summed E-state index contributed by atoms with van der Waals surface area (Å²) < 4.78 is 23.3. The van der Waals surface area contributed by atoms with E-state index in [9.17, 15) is 13.2 Å². The third kappa shape index (κ3) is 5.31. The van der Waals surface area contributed by atoms with Crippen LogP contribution in [0.1, 0.15) is 22.7 Å². The molecule has 0 bridgehead atoms. The number of quaternary nitrogens is 1. The molecule has 3 N–H and O–H groups in total. The van der Waals surface area contributed by atoms with Gasteiger partial charge in [0.15, 0.2) is 16.4 Å². The van der Waals surface area contributed by atoms with E-state index in [1.807, 2.05) is 42.6 Å². The summed E-state index contributed by atoms with van der Waals surface area (Å²) in [5.41, 5.74) is 3.39. The van der Waals surface area contributed by atoms with Crippen molar-refractivity contribution in [1.29, 1.82) is 0 Å². The molecule has 0 aliphatic carbocycles. The zero-order valence-electron chi connectivity index (χ0n) is 15.1. The largest absolute Gasteiger partial charge is 0.346 e. The van der Waals surface area contributed by atoms with Gasteiger partial charge in [-0.05, 0) is 6.92 Å². The molecule has 1 aliphatic heterocycles. The number of rotatable bonds is 6. The number of halogens is 1. The van der Waals surface area contributed by atoms with Crippen LogP contribution in [-0.4, -0.2) is 43.8 Å². The number of hydrogen-bond acceptors (Lipinski definition) is 3. The smallest absolute Gasteiger partial charge is 0.275 e. The fraction of sp³-hybridized carbons (Fsp3) is 0.350. The van der Waals surface area contributed by atoms with Crippen LogP contribution in [0.15, 0.2) is 54.6 Å². The van der Waals surface area contributed by atoms with Crippen LogP contribution in [0.2, 0.25) is 0 Å². The lowest BCUT2D eigenvalue weighted by molar-refractivity contribution is -0.676. The van der Waals surface area contributed by atoms with Crippen molar-refractivity contribution in [2.45, 2.75) is 24.4 Å². The summed E-state index contributed by atoms with van der Waals surface area (Å²) in [6.07, 6.45) is 0. The van der Waals surface area contributed by atoms with Crippen molar-refractivity contribution in [3.8, 4) is 0 Å². The van der Waals surface area contributed by atoms with Crippen LogP contribution >= 0.6 is 11.6 Å². The molecule has 0 saturated carbocycles. The quantitative estimate of drug-likeness (QED) is 0.705. The van der Waals surface area contributed by atoms with Crippen LogP contribution in [-0.2, 0) is 14.6 Å². The van der Waals surface area contributed by atoms with E-state index in [-0.39, 0.29) is 30.0 Å². The Bertz CT molecular complexity index is 885. The fourth-order valence-electron chi connectivity index (χ4n) is 3.33. The molecule has 27 heavy (non-hydrogen) atoms. The highest BCUT2D eigenvalue weighted by Crippen LogP contribution is 2.19. The Labute approximate surface area is 165 Å². The van der Waals surface area contributed by atoms with Crippen molar-refractivity contribution >= 4 is 27.3 Å². The van der Waals surface area contributed by atoms with Crippen molar-refractivity contribution in [3.63, 3.8) is 0 Å². The Morgan fingerprint density at radius 2 is 1.74 bits per heavy atom. The van der Waals surface area contributed by atoms with Crippen molar-refractivity contribution in [2.24, 2.45) is 0 Å². The fourth-order valence-corrected chi connectivity index (χ4v) is 5.88. The van der Waals surface area contributed by atoms with E-state index in [4.69, 9.17) is 11.6 Å². The van der Waals surface area contributed by atoms with Crippen LogP contribution in [0.3, 0.4) is 0 Å². The average molecular weight is 408 g/mol. The van der Waals surface area contributed by atoms with E-state index in [1.54, 1.807) is 0 Å². The van der Waals surface area contributed by atoms with E-state index in [0.717, 1.165) is 11.1 Å². The van der Waals surface area contributed by atoms with E-state index >= 15 is 0 Å². The molecule has 1 saturated heterocycles. The number of carbonyl (C=O) groups is 1. The molecule has 0 radical (unpaired) electrons. The van der Waals surface area contributed by atoms with Crippen molar-refractivity contribution in [2.75, 3.05) is 18.1 Å². The summed E-state index contributed by atoms with van der Waals surface area (Å²) in [6, 6.07) is 17.7. The highest BCUT2D eigenvalue weighted by molar-refractivity contribution is 7.91. The SMILES string of the molecule is Cc1ccc([C@@H]([NH2+]CC(=O)N[C@H]2CS(=O)(=O)C[C@@H]2Cl)c2ccccc2)cc1. The van der Waals surface area contributed by atoms with Crippen LogP contribution in [0, 0.1) is 6.92 Å². The Kier molecular flexibility index (Phi) is 6.19. The maximum absolute atomic E-state index is 12.4. The standard InChI is InChI=1S/C20H23ClN2O3S/c1-14-7-9-16(10-8-14)20(15-5-3-2-4-6-15)22-11-19(24)23-18-13-27(25,26)12-17(18)21/h2-10,17-18,20,22H,11-13H2,1H3,(H,23,24)/p+1/t17-,18-,20-/m0/s1. The average Bonchev–Trinajstić information content (AvgIpc) is 2.89. The first-order valence-electron chi connectivity index (χ1n) is 8.93. The highest BCUT2D eigenvalue weighted by Gasteiger charge is 2.37. The van der Waals surface area contributed by atoms with Gasteiger partial charge in [-0.15, -0.1) is 11.6 Å². The minimum atomic E-state index is -3.17. The van der Waals surface area contributed by atoms with Gasteiger partial charge in [-0.3, -0.25) is 4.79 Å². The second-order valence-electron chi connectivity index (χ2n) is 7.01. The van der Waals surface area contributed by atoms with Gasteiger partial charge >= 0.3 is 0 Å². The first kappa shape index (κ1) is 19.9. The zero-order valence-corrected chi connectivity index (χ0v) is 16.7. The molecular formula is C20H24ClN2O3S+.